The number of hydrogen-bond donors (Lipinski definition) is 0. The molecule has 0 radical (unpaired) electrons. The van der Waals surface area contributed by atoms with Crippen LogP contribution in [0.1, 0.15) is 11.1 Å². The topological polar surface area (TPSA) is 18.1 Å². The van der Waals surface area contributed by atoms with E-state index >= 15 is 0 Å². The summed E-state index contributed by atoms with van der Waals surface area (Å²) in [6, 6.07) is 8.33. The van der Waals surface area contributed by atoms with Gasteiger partial charge in [-0.05, 0) is 43.2 Å². The molecule has 2 aromatic heterocycles. The summed E-state index contributed by atoms with van der Waals surface area (Å²) < 4.78 is 7.63. The fourth-order valence-corrected chi connectivity index (χ4v) is 2.07. The van der Waals surface area contributed by atoms with Gasteiger partial charge in [0.15, 0.2) is 0 Å². The molecule has 2 nitrogen and oxygen atoms in total. The van der Waals surface area contributed by atoms with Gasteiger partial charge in [-0.1, -0.05) is 0 Å². The lowest BCUT2D eigenvalue weighted by atomic mass is 10.1. The van der Waals surface area contributed by atoms with E-state index in [4.69, 9.17) is 4.42 Å². The van der Waals surface area contributed by atoms with Crippen molar-refractivity contribution in [1.82, 2.24) is 4.57 Å². The maximum Gasteiger partial charge on any atom is 0.136 e. The van der Waals surface area contributed by atoms with Crippen LogP contribution in [0, 0.1) is 13.8 Å². The quantitative estimate of drug-likeness (QED) is 0.598. The summed E-state index contributed by atoms with van der Waals surface area (Å²) in [6.45, 7) is 4.20. The predicted molar refractivity (Wildman–Crippen MR) is 65.0 cm³/mol. The van der Waals surface area contributed by atoms with Crippen molar-refractivity contribution < 1.29 is 4.42 Å². The van der Waals surface area contributed by atoms with E-state index in [0.717, 1.165) is 5.58 Å². The number of fused-ring (bicyclic) bond motifs is 1. The van der Waals surface area contributed by atoms with Crippen LogP contribution in [0.25, 0.3) is 16.7 Å². The van der Waals surface area contributed by atoms with E-state index in [9.17, 15) is 0 Å². The third-order valence-corrected chi connectivity index (χ3v) is 2.97. The smallest absolute Gasteiger partial charge is 0.136 e. The lowest BCUT2D eigenvalue weighted by molar-refractivity contribution is 0.612. The Bertz CT molecular complexity index is 632. The molecular formula is C14H13NO. The third kappa shape index (κ3) is 1.27. The minimum absolute atomic E-state index is 0.951. The zero-order chi connectivity index (χ0) is 11.1. The largest absolute Gasteiger partial charge is 0.464 e. The van der Waals surface area contributed by atoms with Crippen molar-refractivity contribution in [2.75, 3.05) is 0 Å². The Kier molecular flexibility index (Phi) is 1.90. The van der Waals surface area contributed by atoms with Crippen LogP contribution in [-0.4, -0.2) is 4.57 Å². The van der Waals surface area contributed by atoms with Gasteiger partial charge in [0.25, 0.3) is 0 Å². The number of benzene rings is 1. The van der Waals surface area contributed by atoms with Crippen LogP contribution >= 0.6 is 0 Å². The summed E-state index contributed by atoms with van der Waals surface area (Å²) >= 11 is 0. The Balaban J connectivity index is 2.30. The molecule has 2 heteroatoms. The van der Waals surface area contributed by atoms with E-state index in [1.165, 1.54) is 22.2 Å². The number of rotatable bonds is 1. The van der Waals surface area contributed by atoms with Gasteiger partial charge in [0.2, 0.25) is 0 Å². The van der Waals surface area contributed by atoms with Gasteiger partial charge in [-0.25, -0.2) is 0 Å². The van der Waals surface area contributed by atoms with Crippen LogP contribution in [0.5, 0.6) is 0 Å². The number of furan rings is 1. The molecule has 16 heavy (non-hydrogen) atoms. The molecule has 0 atom stereocenters. The maximum atomic E-state index is 5.53. The standard InChI is InChI=1S/C14H13NO/c1-10-7-12-11(2)9-16-14(12)8-13(10)15-5-3-4-6-15/h3-9H,1-2H3. The summed E-state index contributed by atoms with van der Waals surface area (Å²) in [5, 5.41) is 1.20. The molecule has 0 amide bonds. The Morgan fingerprint density at radius 3 is 2.50 bits per heavy atom. The first kappa shape index (κ1) is 9.28. The van der Waals surface area contributed by atoms with Gasteiger partial charge in [0, 0.05) is 23.8 Å². The molecule has 0 N–H and O–H groups in total. The van der Waals surface area contributed by atoms with E-state index in [-0.39, 0.29) is 0 Å². The molecule has 0 spiro atoms. The molecule has 0 aliphatic heterocycles. The third-order valence-electron chi connectivity index (χ3n) is 2.97. The van der Waals surface area contributed by atoms with Crippen molar-refractivity contribution in [1.29, 1.82) is 0 Å². The number of nitrogens with zero attached hydrogens (tertiary/aromatic N) is 1. The molecule has 3 rings (SSSR count). The number of hydrogen-bond acceptors (Lipinski definition) is 1. The molecule has 3 aromatic rings. The van der Waals surface area contributed by atoms with Crippen LogP contribution in [0.15, 0.2) is 47.3 Å². The van der Waals surface area contributed by atoms with E-state index in [2.05, 4.69) is 30.5 Å². The highest BCUT2D eigenvalue weighted by Gasteiger charge is 2.07. The second-order valence-corrected chi connectivity index (χ2v) is 4.14. The second kappa shape index (κ2) is 3.27. The van der Waals surface area contributed by atoms with Crippen LogP contribution in [0.3, 0.4) is 0 Å². The first-order chi connectivity index (χ1) is 7.75. The molecule has 2 heterocycles. The Labute approximate surface area is 94.1 Å². The molecule has 0 saturated heterocycles. The first-order valence-electron chi connectivity index (χ1n) is 5.37. The van der Waals surface area contributed by atoms with Gasteiger partial charge in [0.1, 0.15) is 5.58 Å². The monoisotopic (exact) mass is 211 g/mol. The Morgan fingerprint density at radius 1 is 1.00 bits per heavy atom. The summed E-state index contributed by atoms with van der Waals surface area (Å²) in [5.74, 6) is 0. The lowest BCUT2D eigenvalue weighted by Crippen LogP contribution is -1.92. The van der Waals surface area contributed by atoms with Gasteiger partial charge in [-0.15, -0.1) is 0 Å². The normalized spacial score (nSPS) is 11.1. The fraction of sp³-hybridized carbons (Fsp3) is 0.143. The Hall–Kier alpha value is -1.96. The van der Waals surface area contributed by atoms with E-state index in [1.807, 2.05) is 30.8 Å². The molecule has 80 valence electrons. The maximum absolute atomic E-state index is 5.53. The molecule has 0 fully saturated rings. The summed E-state index contributed by atoms with van der Waals surface area (Å²) in [5.41, 5.74) is 4.57. The van der Waals surface area contributed by atoms with Gasteiger partial charge in [-0.3, -0.25) is 0 Å². The van der Waals surface area contributed by atoms with Crippen molar-refractivity contribution in [3.63, 3.8) is 0 Å². The molecule has 0 saturated carbocycles. The number of aromatic nitrogens is 1. The second-order valence-electron chi connectivity index (χ2n) is 4.14. The van der Waals surface area contributed by atoms with Crippen molar-refractivity contribution in [3.8, 4) is 5.69 Å². The molecule has 0 aliphatic rings. The minimum Gasteiger partial charge on any atom is -0.464 e. The van der Waals surface area contributed by atoms with Gasteiger partial charge < -0.3 is 8.98 Å². The lowest BCUT2D eigenvalue weighted by Gasteiger charge is -2.07. The first-order valence-corrected chi connectivity index (χ1v) is 5.37. The average molecular weight is 211 g/mol. The molecular weight excluding hydrogens is 198 g/mol. The van der Waals surface area contributed by atoms with Crippen LogP contribution < -0.4 is 0 Å². The zero-order valence-electron chi connectivity index (χ0n) is 9.40. The van der Waals surface area contributed by atoms with Gasteiger partial charge in [-0.2, -0.15) is 0 Å². The zero-order valence-corrected chi connectivity index (χ0v) is 9.40. The average Bonchev–Trinajstić information content (AvgIpc) is 2.89. The highest BCUT2D eigenvalue weighted by molar-refractivity contribution is 5.84. The molecule has 0 bridgehead atoms. The van der Waals surface area contributed by atoms with Crippen LogP contribution in [-0.2, 0) is 0 Å². The van der Waals surface area contributed by atoms with Crippen molar-refractivity contribution in [2.45, 2.75) is 13.8 Å². The van der Waals surface area contributed by atoms with E-state index in [0.29, 0.717) is 0 Å². The van der Waals surface area contributed by atoms with E-state index < -0.39 is 0 Å². The minimum atomic E-state index is 0.951. The van der Waals surface area contributed by atoms with Crippen LogP contribution in [0.4, 0.5) is 0 Å². The van der Waals surface area contributed by atoms with Crippen molar-refractivity contribution in [3.05, 3.63) is 54.0 Å². The van der Waals surface area contributed by atoms with Gasteiger partial charge in [0.05, 0.1) is 12.0 Å². The summed E-state index contributed by atoms with van der Waals surface area (Å²) in [6.07, 6.45) is 5.90. The molecule has 0 unspecified atom stereocenters. The summed E-state index contributed by atoms with van der Waals surface area (Å²) in [7, 11) is 0. The summed E-state index contributed by atoms with van der Waals surface area (Å²) in [4.78, 5) is 0. The van der Waals surface area contributed by atoms with Crippen LogP contribution in [0.2, 0.25) is 0 Å². The number of aryl methyl sites for hydroxylation is 2. The van der Waals surface area contributed by atoms with Gasteiger partial charge >= 0.3 is 0 Å². The van der Waals surface area contributed by atoms with Crippen molar-refractivity contribution >= 4 is 11.0 Å². The molecule has 1 aromatic carbocycles. The van der Waals surface area contributed by atoms with Crippen molar-refractivity contribution in [2.24, 2.45) is 0 Å². The van der Waals surface area contributed by atoms with E-state index in [1.54, 1.807) is 0 Å². The fourth-order valence-electron chi connectivity index (χ4n) is 2.07. The Morgan fingerprint density at radius 2 is 1.75 bits per heavy atom. The highest BCUT2D eigenvalue weighted by atomic mass is 16.3. The SMILES string of the molecule is Cc1cc2c(C)coc2cc1-n1cccc1. The molecule has 0 aliphatic carbocycles. The highest BCUT2D eigenvalue weighted by Crippen LogP contribution is 2.26. The predicted octanol–water partition coefficient (Wildman–Crippen LogP) is 3.84.